The predicted molar refractivity (Wildman–Crippen MR) is 80.9 cm³/mol. The Labute approximate surface area is 126 Å². The molecule has 0 saturated carbocycles. The maximum Gasteiger partial charge on any atom is 0.143 e. The molecule has 0 aliphatic heterocycles. The second kappa shape index (κ2) is 6.95. The third-order valence-electron chi connectivity index (χ3n) is 3.31. The number of hydrogen-bond acceptors (Lipinski definition) is 1. The summed E-state index contributed by atoms with van der Waals surface area (Å²) in [6, 6.07) is 12.5. The lowest BCUT2D eigenvalue weighted by molar-refractivity contribution is 0.526. The molecule has 0 fully saturated rings. The minimum atomic E-state index is -0.512. The quantitative estimate of drug-likeness (QED) is 0.802. The third kappa shape index (κ3) is 3.44. The van der Waals surface area contributed by atoms with E-state index in [9.17, 15) is 8.78 Å². The summed E-state index contributed by atoms with van der Waals surface area (Å²) < 4.78 is 28.2. The van der Waals surface area contributed by atoms with Crippen LogP contribution in [0.15, 0.2) is 46.9 Å². The molecule has 0 bridgehead atoms. The molecule has 2 aromatic rings. The Morgan fingerprint density at radius 1 is 1.10 bits per heavy atom. The lowest BCUT2D eigenvalue weighted by Crippen LogP contribution is -2.20. The highest BCUT2D eigenvalue weighted by Crippen LogP contribution is 2.27. The first-order valence-electron chi connectivity index (χ1n) is 6.45. The number of likely N-dealkylation sites (N-methyl/N-ethyl adjacent to an activating group) is 1. The van der Waals surface area contributed by atoms with Gasteiger partial charge in [0.1, 0.15) is 11.6 Å². The molecule has 0 aliphatic rings. The molecule has 0 radical (unpaired) electrons. The molecule has 4 heteroatoms. The van der Waals surface area contributed by atoms with Crippen LogP contribution in [0.1, 0.15) is 17.0 Å². The fourth-order valence-electron chi connectivity index (χ4n) is 2.28. The van der Waals surface area contributed by atoms with E-state index in [0.29, 0.717) is 17.4 Å². The van der Waals surface area contributed by atoms with Gasteiger partial charge < -0.3 is 5.32 Å². The van der Waals surface area contributed by atoms with E-state index in [1.54, 1.807) is 0 Å². The number of benzene rings is 2. The van der Waals surface area contributed by atoms with Gasteiger partial charge in [-0.2, -0.15) is 0 Å². The van der Waals surface area contributed by atoms with Gasteiger partial charge in [-0.25, -0.2) is 8.78 Å². The monoisotopic (exact) mass is 339 g/mol. The smallest absolute Gasteiger partial charge is 0.143 e. The Hall–Kier alpha value is -1.26. The average molecular weight is 340 g/mol. The summed E-state index contributed by atoms with van der Waals surface area (Å²) in [6.07, 6.45) is 0.321. The molecule has 0 aromatic heterocycles. The van der Waals surface area contributed by atoms with Crippen LogP contribution in [0.2, 0.25) is 0 Å². The van der Waals surface area contributed by atoms with Gasteiger partial charge in [0, 0.05) is 18.0 Å². The molecule has 0 saturated heterocycles. The van der Waals surface area contributed by atoms with Gasteiger partial charge in [-0.3, -0.25) is 0 Å². The number of nitrogens with one attached hydrogen (secondary N) is 1. The first kappa shape index (κ1) is 15.1. The van der Waals surface area contributed by atoms with Crippen molar-refractivity contribution in [3.8, 4) is 0 Å². The van der Waals surface area contributed by atoms with Crippen LogP contribution in [-0.2, 0) is 6.42 Å². The Morgan fingerprint density at radius 3 is 2.45 bits per heavy atom. The van der Waals surface area contributed by atoms with Crippen LogP contribution in [0.3, 0.4) is 0 Å². The summed E-state index contributed by atoms with van der Waals surface area (Å²) in [6.45, 7) is 0.662. The predicted octanol–water partition coefficient (Wildman–Crippen LogP) is 4.27. The van der Waals surface area contributed by atoms with E-state index in [4.69, 9.17) is 0 Å². The molecule has 1 atom stereocenters. The average Bonchev–Trinajstić information content (AvgIpc) is 2.47. The highest BCUT2D eigenvalue weighted by Gasteiger charge is 2.18. The first-order chi connectivity index (χ1) is 9.63. The van der Waals surface area contributed by atoms with E-state index in [-0.39, 0.29) is 11.5 Å². The Balaban J connectivity index is 2.32. The van der Waals surface area contributed by atoms with Crippen molar-refractivity contribution >= 4 is 15.9 Å². The molecule has 1 nitrogen and oxygen atoms in total. The summed E-state index contributed by atoms with van der Waals surface area (Å²) in [7, 11) is 1.84. The largest absolute Gasteiger partial charge is 0.319 e. The highest BCUT2D eigenvalue weighted by molar-refractivity contribution is 9.10. The second-order valence-corrected chi connectivity index (χ2v) is 5.55. The van der Waals surface area contributed by atoms with Gasteiger partial charge in [-0.05, 0) is 47.1 Å². The number of rotatable bonds is 5. The lowest BCUT2D eigenvalue weighted by Gasteiger charge is -2.18. The van der Waals surface area contributed by atoms with Crippen molar-refractivity contribution in [2.75, 3.05) is 13.6 Å². The normalized spacial score (nSPS) is 12.4. The fourth-order valence-corrected chi connectivity index (χ4v) is 2.65. The van der Waals surface area contributed by atoms with Gasteiger partial charge in [-0.1, -0.05) is 30.3 Å². The molecule has 2 rings (SSSR count). The standard InChI is InChI=1S/C16H16BrF2N/c1-20-10-12(11-5-3-2-4-6-11)9-13-15(18)8-7-14(17)16(13)19/h2-8,12,20H,9-10H2,1H3. The second-order valence-electron chi connectivity index (χ2n) is 4.69. The van der Waals surface area contributed by atoms with E-state index >= 15 is 0 Å². The minimum absolute atomic E-state index is 0.0273. The van der Waals surface area contributed by atoms with Crippen molar-refractivity contribution in [2.45, 2.75) is 12.3 Å². The van der Waals surface area contributed by atoms with Crippen LogP contribution in [0.25, 0.3) is 0 Å². The van der Waals surface area contributed by atoms with Crippen LogP contribution >= 0.6 is 15.9 Å². The van der Waals surface area contributed by atoms with Crippen molar-refractivity contribution in [1.82, 2.24) is 5.32 Å². The van der Waals surface area contributed by atoms with E-state index in [1.807, 2.05) is 37.4 Å². The van der Waals surface area contributed by atoms with E-state index in [2.05, 4.69) is 21.2 Å². The van der Waals surface area contributed by atoms with Crippen molar-refractivity contribution < 1.29 is 8.78 Å². The van der Waals surface area contributed by atoms with Crippen molar-refractivity contribution in [2.24, 2.45) is 0 Å². The molecule has 1 unspecified atom stereocenters. The molecule has 106 valence electrons. The summed E-state index contributed by atoms with van der Waals surface area (Å²) in [5.74, 6) is -0.982. The molecule has 2 aromatic carbocycles. The fraction of sp³-hybridized carbons (Fsp3) is 0.250. The van der Waals surface area contributed by atoms with Crippen molar-refractivity contribution in [1.29, 1.82) is 0 Å². The summed E-state index contributed by atoms with van der Waals surface area (Å²) in [5.41, 5.74) is 1.20. The Bertz CT molecular complexity index is 572. The molecule has 20 heavy (non-hydrogen) atoms. The van der Waals surface area contributed by atoms with Gasteiger partial charge in [0.25, 0.3) is 0 Å². The summed E-state index contributed by atoms with van der Waals surface area (Å²) in [5, 5.41) is 3.08. The van der Waals surface area contributed by atoms with Gasteiger partial charge in [-0.15, -0.1) is 0 Å². The van der Waals surface area contributed by atoms with E-state index < -0.39 is 11.6 Å². The van der Waals surface area contributed by atoms with Gasteiger partial charge >= 0.3 is 0 Å². The Kier molecular flexibility index (Phi) is 5.26. The molecule has 0 heterocycles. The first-order valence-corrected chi connectivity index (χ1v) is 7.24. The third-order valence-corrected chi connectivity index (χ3v) is 3.92. The lowest BCUT2D eigenvalue weighted by atomic mass is 9.91. The summed E-state index contributed by atoms with van der Waals surface area (Å²) >= 11 is 3.11. The molecule has 0 amide bonds. The highest BCUT2D eigenvalue weighted by atomic mass is 79.9. The topological polar surface area (TPSA) is 12.0 Å². The summed E-state index contributed by atoms with van der Waals surface area (Å²) in [4.78, 5) is 0. The van der Waals surface area contributed by atoms with Crippen LogP contribution in [0, 0.1) is 11.6 Å². The van der Waals surface area contributed by atoms with Crippen LogP contribution in [-0.4, -0.2) is 13.6 Å². The maximum absolute atomic E-state index is 14.1. The number of halogens is 3. The molecule has 0 aliphatic carbocycles. The van der Waals surface area contributed by atoms with Gasteiger partial charge in [0.2, 0.25) is 0 Å². The van der Waals surface area contributed by atoms with E-state index in [1.165, 1.54) is 12.1 Å². The zero-order valence-corrected chi connectivity index (χ0v) is 12.8. The van der Waals surface area contributed by atoms with Gasteiger partial charge in [0.15, 0.2) is 0 Å². The molecule has 0 spiro atoms. The SMILES string of the molecule is CNCC(Cc1c(F)ccc(Br)c1F)c1ccccc1. The van der Waals surface area contributed by atoms with Crippen LogP contribution < -0.4 is 5.32 Å². The molecule has 1 N–H and O–H groups in total. The molecular formula is C16H16BrF2N. The zero-order chi connectivity index (χ0) is 14.5. The Morgan fingerprint density at radius 2 is 1.80 bits per heavy atom. The van der Waals surface area contributed by atoms with Gasteiger partial charge in [0.05, 0.1) is 4.47 Å². The zero-order valence-electron chi connectivity index (χ0n) is 11.2. The van der Waals surface area contributed by atoms with Crippen molar-refractivity contribution in [3.63, 3.8) is 0 Å². The molecular weight excluding hydrogens is 324 g/mol. The maximum atomic E-state index is 14.1. The van der Waals surface area contributed by atoms with E-state index in [0.717, 1.165) is 5.56 Å². The van der Waals surface area contributed by atoms with Crippen LogP contribution in [0.5, 0.6) is 0 Å². The van der Waals surface area contributed by atoms with Crippen molar-refractivity contribution in [3.05, 3.63) is 69.7 Å². The van der Waals surface area contributed by atoms with Crippen LogP contribution in [0.4, 0.5) is 8.78 Å². The number of hydrogen-bond donors (Lipinski definition) is 1. The minimum Gasteiger partial charge on any atom is -0.319 e.